The average Bonchev–Trinajstić information content (AvgIpc) is 2.67. The summed E-state index contributed by atoms with van der Waals surface area (Å²) in [6.07, 6.45) is 1.38. The number of benzene rings is 2. The van der Waals surface area contributed by atoms with E-state index in [1.54, 1.807) is 0 Å². The first-order valence-electron chi connectivity index (χ1n) is 9.40. The number of hydrogen-bond acceptors (Lipinski definition) is 3. The molecular weight excluding hydrogens is 326 g/mol. The molecule has 2 amide bonds. The minimum absolute atomic E-state index is 0.0720. The Morgan fingerprint density at radius 2 is 1.73 bits per heavy atom. The van der Waals surface area contributed by atoms with Gasteiger partial charge in [0.15, 0.2) is 0 Å². The summed E-state index contributed by atoms with van der Waals surface area (Å²) in [5, 5.41) is 5.26. The Labute approximate surface area is 155 Å². The minimum atomic E-state index is 0.0720. The first-order chi connectivity index (χ1) is 12.7. The van der Waals surface area contributed by atoms with Crippen molar-refractivity contribution in [1.82, 2.24) is 15.1 Å². The van der Waals surface area contributed by atoms with E-state index in [1.807, 2.05) is 30.0 Å². The second kappa shape index (κ2) is 8.81. The van der Waals surface area contributed by atoms with E-state index in [0.717, 1.165) is 31.6 Å². The highest BCUT2D eigenvalue weighted by Crippen LogP contribution is 2.16. The molecule has 2 aromatic rings. The Kier molecular flexibility index (Phi) is 6.23. The molecule has 0 aromatic heterocycles. The van der Waals surface area contributed by atoms with Crippen molar-refractivity contribution in [1.29, 1.82) is 0 Å². The van der Waals surface area contributed by atoms with Gasteiger partial charge in [-0.2, -0.15) is 0 Å². The number of nitrogens with zero attached hydrogens (tertiary/aromatic N) is 2. The van der Waals surface area contributed by atoms with Crippen molar-refractivity contribution in [3.8, 4) is 0 Å². The van der Waals surface area contributed by atoms with Crippen molar-refractivity contribution in [2.75, 3.05) is 39.3 Å². The van der Waals surface area contributed by atoms with Crippen LogP contribution in [0.15, 0.2) is 42.5 Å². The summed E-state index contributed by atoms with van der Waals surface area (Å²) in [6, 6.07) is 14.4. The molecule has 1 aliphatic heterocycles. The number of amides is 2. The minimum Gasteiger partial charge on any atom is -0.355 e. The van der Waals surface area contributed by atoms with Crippen LogP contribution in [-0.2, 0) is 16.0 Å². The Balaban J connectivity index is 1.49. The fraction of sp³-hybridized carbons (Fsp3) is 0.429. The molecule has 1 saturated heterocycles. The third kappa shape index (κ3) is 4.82. The average molecular weight is 353 g/mol. The molecule has 0 aliphatic carbocycles. The summed E-state index contributed by atoms with van der Waals surface area (Å²) in [4.78, 5) is 28.4. The molecule has 0 saturated carbocycles. The molecule has 0 atom stereocenters. The summed E-state index contributed by atoms with van der Waals surface area (Å²) < 4.78 is 0. The third-order valence-corrected chi connectivity index (χ3v) is 4.83. The van der Waals surface area contributed by atoms with Crippen LogP contribution >= 0.6 is 0 Å². The molecule has 2 aromatic carbocycles. The third-order valence-electron chi connectivity index (χ3n) is 4.83. The van der Waals surface area contributed by atoms with E-state index in [-0.39, 0.29) is 11.8 Å². The van der Waals surface area contributed by atoms with Gasteiger partial charge in [-0.3, -0.25) is 14.5 Å². The van der Waals surface area contributed by atoms with Gasteiger partial charge in [0.25, 0.3) is 0 Å². The fourth-order valence-electron chi connectivity index (χ4n) is 3.31. The second-order valence-electron chi connectivity index (χ2n) is 6.87. The van der Waals surface area contributed by atoms with Crippen LogP contribution in [0.2, 0.25) is 0 Å². The Hall–Kier alpha value is -2.40. The molecule has 0 unspecified atom stereocenters. The van der Waals surface area contributed by atoms with Gasteiger partial charge in [0, 0.05) is 32.7 Å². The van der Waals surface area contributed by atoms with Crippen LogP contribution in [-0.4, -0.2) is 60.9 Å². The Morgan fingerprint density at radius 3 is 2.46 bits per heavy atom. The Bertz CT molecular complexity index is 767. The maximum absolute atomic E-state index is 12.6. The maximum Gasteiger partial charge on any atom is 0.234 e. The van der Waals surface area contributed by atoms with E-state index in [9.17, 15) is 9.59 Å². The van der Waals surface area contributed by atoms with Crippen molar-refractivity contribution in [3.63, 3.8) is 0 Å². The molecule has 1 N–H and O–H groups in total. The van der Waals surface area contributed by atoms with Crippen molar-refractivity contribution in [3.05, 3.63) is 48.0 Å². The molecular formula is C21H27N3O2. The van der Waals surface area contributed by atoms with Gasteiger partial charge < -0.3 is 10.2 Å². The predicted octanol–water partition coefficient (Wildman–Crippen LogP) is 2.05. The number of hydrogen-bond donors (Lipinski definition) is 1. The summed E-state index contributed by atoms with van der Waals surface area (Å²) in [5.74, 6) is 0.234. The van der Waals surface area contributed by atoms with E-state index in [4.69, 9.17) is 0 Å². The molecule has 0 spiro atoms. The molecule has 1 heterocycles. The lowest BCUT2D eigenvalue weighted by Crippen LogP contribution is -2.51. The zero-order valence-electron chi connectivity index (χ0n) is 15.4. The van der Waals surface area contributed by atoms with Gasteiger partial charge in [0.1, 0.15) is 0 Å². The van der Waals surface area contributed by atoms with Crippen molar-refractivity contribution in [2.24, 2.45) is 0 Å². The van der Waals surface area contributed by atoms with Crippen molar-refractivity contribution < 1.29 is 9.59 Å². The zero-order chi connectivity index (χ0) is 18.4. The number of piperazine rings is 1. The lowest BCUT2D eigenvalue weighted by Gasteiger charge is -2.34. The van der Waals surface area contributed by atoms with E-state index >= 15 is 0 Å². The zero-order valence-corrected chi connectivity index (χ0v) is 15.4. The molecule has 5 heteroatoms. The molecule has 138 valence electrons. The van der Waals surface area contributed by atoms with Gasteiger partial charge in [0.05, 0.1) is 13.0 Å². The number of carbonyl (C=O) groups excluding carboxylic acids is 2. The molecule has 1 aliphatic rings. The molecule has 3 rings (SSSR count). The number of nitrogens with one attached hydrogen (secondary N) is 1. The molecule has 1 fully saturated rings. The summed E-state index contributed by atoms with van der Waals surface area (Å²) >= 11 is 0. The van der Waals surface area contributed by atoms with Gasteiger partial charge in [-0.1, -0.05) is 49.4 Å². The van der Waals surface area contributed by atoms with Crippen LogP contribution in [0.25, 0.3) is 10.8 Å². The number of fused-ring (bicyclic) bond motifs is 1. The molecule has 5 nitrogen and oxygen atoms in total. The largest absolute Gasteiger partial charge is 0.355 e. The summed E-state index contributed by atoms with van der Waals surface area (Å²) in [7, 11) is 0. The standard InChI is InChI=1S/C21H27N3O2/c1-2-9-22-20(25)16-23-10-12-24(13-11-23)21(26)15-17-7-8-18-5-3-4-6-19(18)14-17/h3-8,14H,2,9-13,15-16H2,1H3,(H,22,25). The van der Waals surface area contributed by atoms with E-state index in [1.165, 1.54) is 10.8 Å². The number of rotatable bonds is 6. The monoisotopic (exact) mass is 353 g/mol. The van der Waals surface area contributed by atoms with Crippen molar-refractivity contribution >= 4 is 22.6 Å². The van der Waals surface area contributed by atoms with Crippen LogP contribution < -0.4 is 5.32 Å². The topological polar surface area (TPSA) is 52.7 Å². The van der Waals surface area contributed by atoms with Crippen LogP contribution in [0, 0.1) is 0 Å². The molecule has 26 heavy (non-hydrogen) atoms. The lowest BCUT2D eigenvalue weighted by molar-refractivity contribution is -0.132. The number of carbonyl (C=O) groups is 2. The van der Waals surface area contributed by atoms with Crippen LogP contribution in [0.3, 0.4) is 0 Å². The SMILES string of the molecule is CCCNC(=O)CN1CCN(C(=O)Cc2ccc3ccccc3c2)CC1. The second-order valence-corrected chi connectivity index (χ2v) is 6.87. The fourth-order valence-corrected chi connectivity index (χ4v) is 3.31. The Morgan fingerprint density at radius 1 is 1.00 bits per heavy atom. The van der Waals surface area contributed by atoms with E-state index in [0.29, 0.717) is 26.1 Å². The van der Waals surface area contributed by atoms with Gasteiger partial charge in [-0.05, 0) is 22.8 Å². The predicted molar refractivity (Wildman–Crippen MR) is 104 cm³/mol. The van der Waals surface area contributed by atoms with Gasteiger partial charge in [-0.15, -0.1) is 0 Å². The van der Waals surface area contributed by atoms with Crippen LogP contribution in [0.4, 0.5) is 0 Å². The lowest BCUT2D eigenvalue weighted by atomic mass is 10.0. The smallest absolute Gasteiger partial charge is 0.234 e. The summed E-state index contributed by atoms with van der Waals surface area (Å²) in [6.45, 7) is 6.07. The van der Waals surface area contributed by atoms with Gasteiger partial charge in [0.2, 0.25) is 11.8 Å². The van der Waals surface area contributed by atoms with Crippen LogP contribution in [0.1, 0.15) is 18.9 Å². The highest BCUT2D eigenvalue weighted by Gasteiger charge is 2.22. The first kappa shape index (κ1) is 18.4. The highest BCUT2D eigenvalue weighted by molar-refractivity contribution is 5.85. The van der Waals surface area contributed by atoms with Gasteiger partial charge in [-0.25, -0.2) is 0 Å². The molecule has 0 radical (unpaired) electrons. The normalized spacial score (nSPS) is 15.2. The van der Waals surface area contributed by atoms with E-state index < -0.39 is 0 Å². The summed E-state index contributed by atoms with van der Waals surface area (Å²) in [5.41, 5.74) is 1.05. The first-order valence-corrected chi connectivity index (χ1v) is 9.40. The van der Waals surface area contributed by atoms with Crippen molar-refractivity contribution in [2.45, 2.75) is 19.8 Å². The molecule has 0 bridgehead atoms. The van der Waals surface area contributed by atoms with Crippen LogP contribution in [0.5, 0.6) is 0 Å². The maximum atomic E-state index is 12.6. The quantitative estimate of drug-likeness (QED) is 0.865. The highest BCUT2D eigenvalue weighted by atomic mass is 16.2. The van der Waals surface area contributed by atoms with E-state index in [2.05, 4.69) is 34.5 Å². The van der Waals surface area contributed by atoms with Gasteiger partial charge >= 0.3 is 0 Å².